The second-order valence-electron chi connectivity index (χ2n) is 3.99. The highest BCUT2D eigenvalue weighted by atomic mass is 16.6. The van der Waals surface area contributed by atoms with E-state index >= 15 is 0 Å². The third-order valence-electron chi connectivity index (χ3n) is 2.64. The maximum Gasteiger partial charge on any atom is 0.189 e. The van der Waals surface area contributed by atoms with E-state index in [9.17, 15) is 4.79 Å². The molecule has 1 fully saturated rings. The van der Waals surface area contributed by atoms with Gasteiger partial charge in [-0.3, -0.25) is 4.79 Å². The Balaban J connectivity index is 2.03. The summed E-state index contributed by atoms with van der Waals surface area (Å²) in [6, 6.07) is 7.52. The van der Waals surface area contributed by atoms with Gasteiger partial charge in [-0.2, -0.15) is 0 Å². The van der Waals surface area contributed by atoms with Crippen LogP contribution in [0, 0.1) is 0 Å². The van der Waals surface area contributed by atoms with Crippen LogP contribution in [-0.4, -0.2) is 25.1 Å². The minimum atomic E-state index is -0.566. The summed E-state index contributed by atoms with van der Waals surface area (Å²) in [7, 11) is 1.62. The van der Waals surface area contributed by atoms with Crippen LogP contribution in [0.4, 0.5) is 0 Å². The molecule has 1 atom stereocenters. The summed E-state index contributed by atoms with van der Waals surface area (Å²) in [6.45, 7) is 2.33. The molecule has 1 aromatic rings. The summed E-state index contributed by atoms with van der Waals surface area (Å²) in [6.07, 6.45) is 3.35. The first kappa shape index (κ1) is 10.9. The van der Waals surface area contributed by atoms with Gasteiger partial charge in [-0.25, -0.2) is 0 Å². The highest BCUT2D eigenvalue weighted by Crippen LogP contribution is 2.27. The van der Waals surface area contributed by atoms with Crippen LogP contribution in [0.1, 0.15) is 12.5 Å². The third kappa shape index (κ3) is 2.31. The number of carbonyl (C=O) groups excluding carboxylic acids is 1. The minimum absolute atomic E-state index is 0.0170. The Hall–Kier alpha value is -1.61. The normalized spacial score (nSPS) is 23.4. The lowest BCUT2D eigenvalue weighted by atomic mass is 10.1. The molecule has 1 heterocycles. The number of ether oxygens (including phenoxy) is 2. The van der Waals surface area contributed by atoms with Crippen molar-refractivity contribution in [2.45, 2.75) is 12.5 Å². The van der Waals surface area contributed by atoms with Crippen molar-refractivity contribution in [3.8, 4) is 5.75 Å². The molecule has 0 amide bonds. The molecule has 0 aliphatic carbocycles. The van der Waals surface area contributed by atoms with Gasteiger partial charge in [-0.05, 0) is 30.7 Å². The molecule has 0 saturated carbocycles. The monoisotopic (exact) mass is 218 g/mol. The second-order valence-corrected chi connectivity index (χ2v) is 3.99. The molecule has 0 radical (unpaired) electrons. The molecular formula is C13H14O3. The van der Waals surface area contributed by atoms with Crippen molar-refractivity contribution in [3.63, 3.8) is 0 Å². The number of ketones is 1. The van der Waals surface area contributed by atoms with Gasteiger partial charge in [-0.1, -0.05) is 18.2 Å². The zero-order chi connectivity index (χ0) is 11.6. The Morgan fingerprint density at radius 1 is 1.44 bits per heavy atom. The molecule has 0 spiro atoms. The summed E-state index contributed by atoms with van der Waals surface area (Å²) >= 11 is 0. The molecule has 0 aromatic heterocycles. The fourth-order valence-corrected chi connectivity index (χ4v) is 1.31. The van der Waals surface area contributed by atoms with Gasteiger partial charge < -0.3 is 9.47 Å². The number of carbonyl (C=O) groups is 1. The maximum atomic E-state index is 11.6. The predicted molar refractivity (Wildman–Crippen MR) is 61.4 cm³/mol. The van der Waals surface area contributed by atoms with Crippen molar-refractivity contribution >= 4 is 11.9 Å². The van der Waals surface area contributed by atoms with Crippen molar-refractivity contribution in [2.24, 2.45) is 0 Å². The molecule has 2 rings (SSSR count). The minimum Gasteiger partial charge on any atom is -0.497 e. The van der Waals surface area contributed by atoms with Crippen molar-refractivity contribution in [1.82, 2.24) is 0 Å². The first-order chi connectivity index (χ1) is 7.64. The number of hydrogen-bond donors (Lipinski definition) is 0. The van der Waals surface area contributed by atoms with Gasteiger partial charge in [-0.15, -0.1) is 0 Å². The number of methoxy groups -OCH3 is 1. The fourth-order valence-electron chi connectivity index (χ4n) is 1.31. The van der Waals surface area contributed by atoms with Crippen LogP contribution in [-0.2, 0) is 9.53 Å². The molecule has 0 bridgehead atoms. The Kier molecular flexibility index (Phi) is 2.79. The van der Waals surface area contributed by atoms with Crippen molar-refractivity contribution in [1.29, 1.82) is 0 Å². The Morgan fingerprint density at radius 3 is 2.56 bits per heavy atom. The lowest BCUT2D eigenvalue weighted by Gasteiger charge is -2.00. The maximum absolute atomic E-state index is 11.6. The number of hydrogen-bond acceptors (Lipinski definition) is 3. The standard InChI is InChI=1S/C13H14O3/c1-13(9-16-13)12(14)8-5-10-3-6-11(15-2)7-4-10/h3-8H,9H2,1-2H3/b8-5+/t13-/m0/s1. The van der Waals surface area contributed by atoms with Crippen molar-refractivity contribution < 1.29 is 14.3 Å². The Labute approximate surface area is 94.7 Å². The van der Waals surface area contributed by atoms with Gasteiger partial charge in [0.2, 0.25) is 0 Å². The number of rotatable bonds is 4. The Morgan fingerprint density at radius 2 is 2.06 bits per heavy atom. The quantitative estimate of drug-likeness (QED) is 0.573. The van der Waals surface area contributed by atoms with Crippen molar-refractivity contribution in [2.75, 3.05) is 13.7 Å². The van der Waals surface area contributed by atoms with E-state index in [1.165, 1.54) is 0 Å². The van der Waals surface area contributed by atoms with E-state index < -0.39 is 5.60 Å². The van der Waals surface area contributed by atoms with E-state index in [1.54, 1.807) is 26.2 Å². The average Bonchev–Trinajstić information content (AvgIpc) is 3.06. The Bertz CT molecular complexity index is 413. The van der Waals surface area contributed by atoms with E-state index in [0.717, 1.165) is 11.3 Å². The smallest absolute Gasteiger partial charge is 0.189 e. The van der Waals surface area contributed by atoms with Gasteiger partial charge in [0.1, 0.15) is 5.75 Å². The summed E-state index contributed by atoms with van der Waals surface area (Å²) in [5, 5.41) is 0. The number of epoxide rings is 1. The topological polar surface area (TPSA) is 38.8 Å². The van der Waals surface area contributed by atoms with E-state index in [2.05, 4.69) is 0 Å². The zero-order valence-corrected chi connectivity index (χ0v) is 9.40. The zero-order valence-electron chi connectivity index (χ0n) is 9.40. The second kappa shape index (κ2) is 4.10. The van der Waals surface area contributed by atoms with Crippen LogP contribution in [0.15, 0.2) is 30.3 Å². The van der Waals surface area contributed by atoms with Crippen molar-refractivity contribution in [3.05, 3.63) is 35.9 Å². The van der Waals surface area contributed by atoms with Gasteiger partial charge in [0.15, 0.2) is 11.4 Å². The van der Waals surface area contributed by atoms with Gasteiger partial charge in [0.05, 0.1) is 13.7 Å². The molecule has 84 valence electrons. The van der Waals surface area contributed by atoms with Gasteiger partial charge >= 0.3 is 0 Å². The third-order valence-corrected chi connectivity index (χ3v) is 2.64. The van der Waals surface area contributed by atoms with Gasteiger partial charge in [0, 0.05) is 0 Å². The molecule has 1 aromatic carbocycles. The fraction of sp³-hybridized carbons (Fsp3) is 0.308. The molecule has 3 nitrogen and oxygen atoms in total. The summed E-state index contributed by atoms with van der Waals surface area (Å²) in [5.41, 5.74) is 0.404. The van der Waals surface area contributed by atoms with E-state index in [4.69, 9.17) is 9.47 Å². The molecule has 3 heteroatoms. The molecule has 0 unspecified atom stereocenters. The highest BCUT2D eigenvalue weighted by molar-refractivity contribution is 6.01. The molecule has 16 heavy (non-hydrogen) atoms. The largest absolute Gasteiger partial charge is 0.497 e. The van der Waals surface area contributed by atoms with E-state index in [0.29, 0.717) is 6.61 Å². The van der Waals surface area contributed by atoms with Crippen LogP contribution in [0.2, 0.25) is 0 Å². The van der Waals surface area contributed by atoms with E-state index in [-0.39, 0.29) is 5.78 Å². The first-order valence-electron chi connectivity index (χ1n) is 5.14. The summed E-state index contributed by atoms with van der Waals surface area (Å²) in [5.74, 6) is 0.823. The SMILES string of the molecule is COc1ccc(/C=C/C(=O)[C@]2(C)CO2)cc1. The molecule has 0 N–H and O–H groups in total. The number of benzene rings is 1. The van der Waals surface area contributed by atoms with Gasteiger partial charge in [0.25, 0.3) is 0 Å². The lowest BCUT2D eigenvalue weighted by molar-refractivity contribution is -0.118. The lowest BCUT2D eigenvalue weighted by Crippen LogP contribution is -2.17. The molecule has 1 aliphatic rings. The molecule has 1 saturated heterocycles. The van der Waals surface area contributed by atoms with Crippen LogP contribution in [0.3, 0.4) is 0 Å². The van der Waals surface area contributed by atoms with Crippen LogP contribution in [0.25, 0.3) is 6.08 Å². The predicted octanol–water partition coefficient (Wildman–Crippen LogP) is 2.07. The highest BCUT2D eigenvalue weighted by Gasteiger charge is 2.45. The summed E-state index contributed by atoms with van der Waals surface area (Å²) < 4.78 is 10.1. The van der Waals surface area contributed by atoms with E-state index in [1.807, 2.05) is 24.3 Å². The van der Waals surface area contributed by atoms with Crippen LogP contribution >= 0.6 is 0 Å². The van der Waals surface area contributed by atoms with Crippen LogP contribution in [0.5, 0.6) is 5.75 Å². The molecule has 1 aliphatic heterocycles. The molecular weight excluding hydrogens is 204 g/mol. The summed E-state index contributed by atoms with van der Waals surface area (Å²) in [4.78, 5) is 11.6. The van der Waals surface area contributed by atoms with Crippen LogP contribution < -0.4 is 4.74 Å². The first-order valence-corrected chi connectivity index (χ1v) is 5.14. The average molecular weight is 218 g/mol.